The van der Waals surface area contributed by atoms with E-state index in [-0.39, 0.29) is 11.3 Å². The van der Waals surface area contributed by atoms with E-state index in [0.717, 1.165) is 6.07 Å². The van der Waals surface area contributed by atoms with Gasteiger partial charge in [-0.1, -0.05) is 5.92 Å². The van der Waals surface area contributed by atoms with Crippen LogP contribution in [0, 0.1) is 17.7 Å². The van der Waals surface area contributed by atoms with Crippen LogP contribution in [0.3, 0.4) is 0 Å². The molecule has 0 spiro atoms. The van der Waals surface area contributed by atoms with Crippen molar-refractivity contribution in [3.05, 3.63) is 23.0 Å². The number of benzene rings is 1. The molecular weight excluding hydrogens is 241 g/mol. The summed E-state index contributed by atoms with van der Waals surface area (Å²) in [6.45, 7) is 1.39. The molecule has 0 amide bonds. The third kappa shape index (κ3) is 2.28. The van der Waals surface area contributed by atoms with E-state index in [0.29, 0.717) is 0 Å². The normalized spacial score (nSPS) is 10.9. The topological polar surface area (TPSA) is 26.0 Å². The second kappa shape index (κ2) is 4.31. The lowest BCUT2D eigenvalue weighted by Gasteiger charge is -2.14. The standard InChI is InChI=1S/C10H8F4NP/c1-2-3-5-4-6(15)8(11)9(16)7(5)10(12,13)14/h4H,15-16H2,1H3. The molecule has 16 heavy (non-hydrogen) atoms. The molecule has 6 heteroatoms. The van der Waals surface area contributed by atoms with E-state index in [1.54, 1.807) is 9.24 Å². The molecule has 0 saturated heterocycles. The maximum Gasteiger partial charge on any atom is 0.418 e. The maximum atomic E-state index is 13.2. The first-order valence-corrected chi connectivity index (χ1v) is 4.74. The Bertz CT molecular complexity index is 482. The molecule has 1 aromatic rings. The summed E-state index contributed by atoms with van der Waals surface area (Å²) in [6.07, 6.45) is -4.66. The van der Waals surface area contributed by atoms with Crippen molar-refractivity contribution in [2.24, 2.45) is 0 Å². The number of nitrogen functional groups attached to an aromatic ring is 1. The van der Waals surface area contributed by atoms with Crippen molar-refractivity contribution in [1.82, 2.24) is 0 Å². The second-order valence-electron chi connectivity index (χ2n) is 2.99. The number of hydrogen-bond donors (Lipinski definition) is 1. The number of hydrogen-bond acceptors (Lipinski definition) is 1. The van der Waals surface area contributed by atoms with Crippen LogP contribution >= 0.6 is 9.24 Å². The molecular formula is C10H8F4NP. The lowest BCUT2D eigenvalue weighted by molar-refractivity contribution is -0.136. The SMILES string of the molecule is CC#Cc1cc(N)c(F)c(P)c1C(F)(F)F. The van der Waals surface area contributed by atoms with Gasteiger partial charge in [0, 0.05) is 10.9 Å². The fraction of sp³-hybridized carbons (Fsp3) is 0.200. The molecule has 86 valence electrons. The smallest absolute Gasteiger partial charge is 0.396 e. The quantitative estimate of drug-likeness (QED) is 0.324. The summed E-state index contributed by atoms with van der Waals surface area (Å²) in [4.78, 5) is 0. The zero-order valence-electron chi connectivity index (χ0n) is 8.24. The summed E-state index contributed by atoms with van der Waals surface area (Å²) < 4.78 is 51.2. The van der Waals surface area contributed by atoms with Gasteiger partial charge in [0.25, 0.3) is 0 Å². The molecule has 0 saturated carbocycles. The Morgan fingerprint density at radius 1 is 1.38 bits per heavy atom. The molecule has 1 rings (SSSR count). The zero-order valence-corrected chi connectivity index (χ0v) is 9.40. The van der Waals surface area contributed by atoms with Gasteiger partial charge >= 0.3 is 6.18 Å². The van der Waals surface area contributed by atoms with Gasteiger partial charge in [0.1, 0.15) is 0 Å². The Labute approximate surface area is 92.2 Å². The van der Waals surface area contributed by atoms with Crippen molar-refractivity contribution >= 4 is 20.2 Å². The van der Waals surface area contributed by atoms with Gasteiger partial charge in [-0.05, 0) is 13.0 Å². The van der Waals surface area contributed by atoms with Crippen LogP contribution in [-0.4, -0.2) is 0 Å². The van der Waals surface area contributed by atoms with Gasteiger partial charge < -0.3 is 5.73 Å². The minimum Gasteiger partial charge on any atom is -0.396 e. The number of rotatable bonds is 0. The van der Waals surface area contributed by atoms with Crippen LogP contribution in [0.5, 0.6) is 0 Å². The average molecular weight is 249 g/mol. The van der Waals surface area contributed by atoms with Crippen LogP contribution < -0.4 is 11.0 Å². The van der Waals surface area contributed by atoms with Gasteiger partial charge in [-0.2, -0.15) is 13.2 Å². The summed E-state index contributed by atoms with van der Waals surface area (Å²) in [5, 5.41) is -0.606. The van der Waals surface area contributed by atoms with E-state index in [4.69, 9.17) is 5.73 Å². The van der Waals surface area contributed by atoms with Crippen molar-refractivity contribution in [2.45, 2.75) is 13.1 Å². The van der Waals surface area contributed by atoms with E-state index in [1.807, 2.05) is 0 Å². The highest BCUT2D eigenvalue weighted by molar-refractivity contribution is 7.27. The monoisotopic (exact) mass is 249 g/mol. The minimum atomic E-state index is -4.66. The molecule has 1 aromatic carbocycles. The zero-order chi connectivity index (χ0) is 12.5. The van der Waals surface area contributed by atoms with Crippen molar-refractivity contribution < 1.29 is 17.6 Å². The summed E-state index contributed by atoms with van der Waals surface area (Å²) >= 11 is 0. The molecule has 1 nitrogen and oxygen atoms in total. The molecule has 2 N–H and O–H groups in total. The number of alkyl halides is 3. The molecule has 0 aromatic heterocycles. The Morgan fingerprint density at radius 3 is 2.38 bits per heavy atom. The predicted molar refractivity (Wildman–Crippen MR) is 57.7 cm³/mol. The third-order valence-corrected chi connectivity index (χ3v) is 2.41. The fourth-order valence-corrected chi connectivity index (χ4v) is 1.73. The highest BCUT2D eigenvalue weighted by atomic mass is 31.0. The highest BCUT2D eigenvalue weighted by Gasteiger charge is 2.36. The summed E-state index contributed by atoms with van der Waals surface area (Å²) in [5.41, 5.74) is 3.47. The van der Waals surface area contributed by atoms with E-state index in [9.17, 15) is 17.6 Å². The van der Waals surface area contributed by atoms with Crippen molar-refractivity contribution in [1.29, 1.82) is 0 Å². The first kappa shape index (κ1) is 12.8. The van der Waals surface area contributed by atoms with Crippen LogP contribution in [0.2, 0.25) is 0 Å². The molecule has 0 aliphatic heterocycles. The van der Waals surface area contributed by atoms with Gasteiger partial charge in [0.2, 0.25) is 0 Å². The van der Waals surface area contributed by atoms with Crippen molar-refractivity contribution in [3.8, 4) is 11.8 Å². The third-order valence-electron chi connectivity index (χ3n) is 1.87. The molecule has 0 bridgehead atoms. The molecule has 0 fully saturated rings. The number of anilines is 1. The Hall–Kier alpha value is -1.27. The molecule has 0 aliphatic rings. The van der Waals surface area contributed by atoms with Crippen molar-refractivity contribution in [3.63, 3.8) is 0 Å². The van der Waals surface area contributed by atoms with Gasteiger partial charge in [-0.15, -0.1) is 15.2 Å². The average Bonchev–Trinajstić information content (AvgIpc) is 2.12. The van der Waals surface area contributed by atoms with E-state index < -0.39 is 22.9 Å². The van der Waals surface area contributed by atoms with Crippen LogP contribution in [-0.2, 0) is 6.18 Å². The van der Waals surface area contributed by atoms with Gasteiger partial charge in [-0.3, -0.25) is 0 Å². The molecule has 0 heterocycles. The molecule has 0 aliphatic carbocycles. The number of halogens is 4. The predicted octanol–water partition coefficient (Wildman–Crippen LogP) is 2.30. The largest absolute Gasteiger partial charge is 0.418 e. The number of nitrogens with two attached hydrogens (primary N) is 1. The maximum absolute atomic E-state index is 13.2. The molecule has 0 radical (unpaired) electrons. The van der Waals surface area contributed by atoms with E-state index in [2.05, 4.69) is 11.8 Å². The summed E-state index contributed by atoms with van der Waals surface area (Å²) in [7, 11) is 1.71. The van der Waals surface area contributed by atoms with Gasteiger partial charge in [0.05, 0.1) is 11.3 Å². The van der Waals surface area contributed by atoms with Crippen LogP contribution in [0.1, 0.15) is 18.1 Å². The lowest BCUT2D eigenvalue weighted by Crippen LogP contribution is -2.21. The highest BCUT2D eigenvalue weighted by Crippen LogP contribution is 2.33. The first-order valence-electron chi connectivity index (χ1n) is 4.16. The van der Waals surface area contributed by atoms with Gasteiger partial charge in [-0.25, -0.2) is 4.39 Å². The van der Waals surface area contributed by atoms with E-state index in [1.165, 1.54) is 6.92 Å². The minimum absolute atomic E-state index is 0.320. The molecule has 1 unspecified atom stereocenters. The lowest BCUT2D eigenvalue weighted by atomic mass is 10.1. The fourth-order valence-electron chi connectivity index (χ4n) is 1.24. The van der Waals surface area contributed by atoms with Crippen LogP contribution in [0.15, 0.2) is 6.07 Å². The summed E-state index contributed by atoms with van der Waals surface area (Å²) in [6, 6.07) is 0.891. The van der Waals surface area contributed by atoms with Crippen LogP contribution in [0.25, 0.3) is 0 Å². The Balaban J connectivity index is 3.66. The van der Waals surface area contributed by atoms with E-state index >= 15 is 0 Å². The first-order chi connectivity index (χ1) is 7.29. The van der Waals surface area contributed by atoms with Gasteiger partial charge in [0.15, 0.2) is 5.82 Å². The van der Waals surface area contributed by atoms with Crippen molar-refractivity contribution in [2.75, 3.05) is 5.73 Å². The second-order valence-corrected chi connectivity index (χ2v) is 3.57. The Kier molecular flexibility index (Phi) is 3.44. The van der Waals surface area contributed by atoms with Crippen LogP contribution in [0.4, 0.5) is 23.2 Å². The summed E-state index contributed by atoms with van der Waals surface area (Å²) in [5.74, 6) is 3.51. The Morgan fingerprint density at radius 2 is 1.94 bits per heavy atom. The molecule has 1 atom stereocenters.